The van der Waals surface area contributed by atoms with Gasteiger partial charge in [-0.25, -0.2) is 15.0 Å². The molecule has 0 unspecified atom stereocenters. The molecule has 110 valence electrons. The number of aryl methyl sites for hydroxylation is 2. The van der Waals surface area contributed by atoms with Crippen LogP contribution in [-0.2, 0) is 13.1 Å². The van der Waals surface area contributed by atoms with Crippen LogP contribution in [0.3, 0.4) is 0 Å². The summed E-state index contributed by atoms with van der Waals surface area (Å²) >= 11 is 0. The monoisotopic (exact) mass is 285 g/mol. The van der Waals surface area contributed by atoms with Gasteiger partial charge in [0.25, 0.3) is 0 Å². The zero-order chi connectivity index (χ0) is 14.7. The van der Waals surface area contributed by atoms with E-state index in [1.807, 2.05) is 18.7 Å². The molecule has 0 saturated carbocycles. The first-order valence-electron chi connectivity index (χ1n) is 7.16. The number of oxazole rings is 1. The van der Waals surface area contributed by atoms with E-state index in [0.29, 0.717) is 0 Å². The minimum atomic E-state index is 0.281. The molecule has 0 spiro atoms. The summed E-state index contributed by atoms with van der Waals surface area (Å²) in [6, 6.07) is 0. The molecule has 3 aromatic rings. The third kappa shape index (κ3) is 3.04. The molecule has 0 saturated heterocycles. The van der Waals surface area contributed by atoms with E-state index in [9.17, 15) is 0 Å². The molecule has 0 fully saturated rings. The maximum Gasteiger partial charge on any atom is 0.197 e. The van der Waals surface area contributed by atoms with Gasteiger partial charge in [-0.15, -0.1) is 0 Å². The molecule has 0 amide bonds. The van der Waals surface area contributed by atoms with Gasteiger partial charge in [0.05, 0.1) is 6.33 Å². The first-order chi connectivity index (χ1) is 10.2. The standard InChI is InChI=1S/C15H19N5O/c1-12(2)15-18-13(10-21-15)14-17-5-9-20(14)7-3-6-19-8-4-16-11-19/h4-5,8-12H,3,6-7H2,1-2H3. The minimum absolute atomic E-state index is 0.281. The van der Waals surface area contributed by atoms with Crippen LogP contribution in [0.1, 0.15) is 32.1 Å². The molecular formula is C15H19N5O. The normalized spacial score (nSPS) is 11.4. The van der Waals surface area contributed by atoms with Crippen LogP contribution in [0, 0.1) is 0 Å². The Morgan fingerprint density at radius 3 is 2.81 bits per heavy atom. The van der Waals surface area contributed by atoms with Crippen LogP contribution in [0.15, 0.2) is 41.8 Å². The summed E-state index contributed by atoms with van der Waals surface area (Å²) in [6.45, 7) is 5.95. The second-order valence-corrected chi connectivity index (χ2v) is 5.32. The van der Waals surface area contributed by atoms with Crippen molar-refractivity contribution in [3.63, 3.8) is 0 Å². The Kier molecular flexibility index (Phi) is 3.85. The molecule has 3 aromatic heterocycles. The lowest BCUT2D eigenvalue weighted by Crippen LogP contribution is -2.04. The molecule has 0 N–H and O–H groups in total. The van der Waals surface area contributed by atoms with E-state index in [-0.39, 0.29) is 5.92 Å². The van der Waals surface area contributed by atoms with Crippen molar-refractivity contribution in [2.75, 3.05) is 0 Å². The highest BCUT2D eigenvalue weighted by Gasteiger charge is 2.13. The number of imidazole rings is 2. The molecule has 0 aliphatic rings. The van der Waals surface area contributed by atoms with Gasteiger partial charge in [-0.3, -0.25) is 0 Å². The van der Waals surface area contributed by atoms with Crippen LogP contribution in [-0.4, -0.2) is 24.1 Å². The van der Waals surface area contributed by atoms with Crippen LogP contribution in [0.25, 0.3) is 11.5 Å². The van der Waals surface area contributed by atoms with Gasteiger partial charge >= 0.3 is 0 Å². The lowest BCUT2D eigenvalue weighted by Gasteiger charge is -2.06. The summed E-state index contributed by atoms with van der Waals surface area (Å²) in [6.07, 6.45) is 12.1. The molecule has 6 nitrogen and oxygen atoms in total. The zero-order valence-electron chi connectivity index (χ0n) is 12.3. The topological polar surface area (TPSA) is 61.7 Å². The van der Waals surface area contributed by atoms with Gasteiger partial charge < -0.3 is 13.6 Å². The molecule has 0 aliphatic heterocycles. The molecule has 0 atom stereocenters. The molecule has 3 heterocycles. The number of rotatable bonds is 6. The van der Waals surface area contributed by atoms with Gasteiger partial charge in [-0.1, -0.05) is 13.8 Å². The molecular weight excluding hydrogens is 266 g/mol. The molecule has 0 radical (unpaired) electrons. The quantitative estimate of drug-likeness (QED) is 0.698. The summed E-state index contributed by atoms with van der Waals surface area (Å²) < 4.78 is 9.67. The second kappa shape index (κ2) is 5.95. The van der Waals surface area contributed by atoms with Crippen molar-refractivity contribution in [3.05, 3.63) is 43.3 Å². The largest absolute Gasteiger partial charge is 0.448 e. The lowest BCUT2D eigenvalue weighted by atomic mass is 10.2. The molecule has 21 heavy (non-hydrogen) atoms. The number of hydrogen-bond donors (Lipinski definition) is 0. The predicted octanol–water partition coefficient (Wildman–Crippen LogP) is 2.95. The summed E-state index contributed by atoms with van der Waals surface area (Å²) in [5, 5.41) is 0. The van der Waals surface area contributed by atoms with Gasteiger partial charge in [0.1, 0.15) is 12.0 Å². The molecule has 6 heteroatoms. The number of aromatic nitrogens is 5. The van der Waals surface area contributed by atoms with E-state index in [1.165, 1.54) is 0 Å². The maximum absolute atomic E-state index is 5.49. The third-order valence-corrected chi connectivity index (χ3v) is 3.33. The first-order valence-corrected chi connectivity index (χ1v) is 7.16. The minimum Gasteiger partial charge on any atom is -0.448 e. The van der Waals surface area contributed by atoms with Gasteiger partial charge in [0.15, 0.2) is 11.7 Å². The Bertz CT molecular complexity index is 681. The van der Waals surface area contributed by atoms with E-state index in [2.05, 4.69) is 37.9 Å². The van der Waals surface area contributed by atoms with Crippen LogP contribution < -0.4 is 0 Å². The Morgan fingerprint density at radius 1 is 1.19 bits per heavy atom. The summed E-state index contributed by atoms with van der Waals surface area (Å²) in [5.74, 6) is 1.89. The molecule has 3 rings (SSSR count). The summed E-state index contributed by atoms with van der Waals surface area (Å²) in [5.41, 5.74) is 0.798. The van der Waals surface area contributed by atoms with Gasteiger partial charge in [-0.2, -0.15) is 0 Å². The van der Waals surface area contributed by atoms with Crippen LogP contribution in [0.2, 0.25) is 0 Å². The van der Waals surface area contributed by atoms with Crippen molar-refractivity contribution in [2.24, 2.45) is 0 Å². The van der Waals surface area contributed by atoms with Crippen molar-refractivity contribution in [1.82, 2.24) is 24.1 Å². The van der Waals surface area contributed by atoms with Crippen molar-refractivity contribution < 1.29 is 4.42 Å². The average molecular weight is 285 g/mol. The SMILES string of the molecule is CC(C)c1nc(-c2nccn2CCCn2ccnc2)co1. The first kappa shape index (κ1) is 13.6. The van der Waals surface area contributed by atoms with E-state index >= 15 is 0 Å². The predicted molar refractivity (Wildman–Crippen MR) is 78.7 cm³/mol. The zero-order valence-corrected chi connectivity index (χ0v) is 12.3. The Labute approximate surface area is 123 Å². The average Bonchev–Trinajstić information content (AvgIpc) is 3.20. The Morgan fingerprint density at radius 2 is 2.10 bits per heavy atom. The van der Waals surface area contributed by atoms with Crippen molar-refractivity contribution in [2.45, 2.75) is 39.3 Å². The van der Waals surface area contributed by atoms with Crippen molar-refractivity contribution >= 4 is 0 Å². The van der Waals surface area contributed by atoms with Crippen LogP contribution in [0.5, 0.6) is 0 Å². The maximum atomic E-state index is 5.49. The van der Waals surface area contributed by atoms with E-state index < -0.39 is 0 Å². The Hall–Kier alpha value is -2.37. The van der Waals surface area contributed by atoms with Gasteiger partial charge in [-0.05, 0) is 6.42 Å². The fourth-order valence-corrected chi connectivity index (χ4v) is 2.22. The van der Waals surface area contributed by atoms with Gasteiger partial charge in [0, 0.05) is 43.8 Å². The fraction of sp³-hybridized carbons (Fsp3) is 0.400. The molecule has 0 aromatic carbocycles. The number of hydrogen-bond acceptors (Lipinski definition) is 4. The Balaban J connectivity index is 1.68. The van der Waals surface area contributed by atoms with Crippen LogP contribution in [0.4, 0.5) is 0 Å². The highest BCUT2D eigenvalue weighted by Crippen LogP contribution is 2.21. The summed E-state index contributed by atoms with van der Waals surface area (Å²) in [4.78, 5) is 12.9. The summed E-state index contributed by atoms with van der Waals surface area (Å²) in [7, 11) is 0. The lowest BCUT2D eigenvalue weighted by molar-refractivity contribution is 0.471. The van der Waals surface area contributed by atoms with E-state index in [0.717, 1.165) is 36.9 Å². The number of nitrogens with zero attached hydrogens (tertiary/aromatic N) is 5. The smallest absolute Gasteiger partial charge is 0.197 e. The molecule has 0 aliphatic carbocycles. The van der Waals surface area contributed by atoms with E-state index in [1.54, 1.807) is 18.7 Å². The fourth-order valence-electron chi connectivity index (χ4n) is 2.22. The van der Waals surface area contributed by atoms with Crippen LogP contribution >= 0.6 is 0 Å². The highest BCUT2D eigenvalue weighted by atomic mass is 16.3. The van der Waals surface area contributed by atoms with Crippen molar-refractivity contribution in [1.29, 1.82) is 0 Å². The van der Waals surface area contributed by atoms with Crippen molar-refractivity contribution in [3.8, 4) is 11.5 Å². The van der Waals surface area contributed by atoms with Gasteiger partial charge in [0.2, 0.25) is 0 Å². The molecule has 0 bridgehead atoms. The van der Waals surface area contributed by atoms with E-state index in [4.69, 9.17) is 4.42 Å². The second-order valence-electron chi connectivity index (χ2n) is 5.32. The third-order valence-electron chi connectivity index (χ3n) is 3.33. The highest BCUT2D eigenvalue weighted by molar-refractivity contribution is 5.47.